The highest BCUT2D eigenvalue weighted by Crippen LogP contribution is 2.26. The van der Waals surface area contributed by atoms with E-state index in [4.69, 9.17) is 33.5 Å². The minimum atomic E-state index is 0.463. The average Bonchev–Trinajstić information content (AvgIpc) is 2.79. The van der Waals surface area contributed by atoms with Gasteiger partial charge in [-0.2, -0.15) is 4.98 Å². The summed E-state index contributed by atoms with van der Waals surface area (Å²) in [4.78, 5) is 4.27. The second-order valence-electron chi connectivity index (χ2n) is 3.87. The summed E-state index contributed by atoms with van der Waals surface area (Å²) in [5.41, 5.74) is 6.23. The van der Waals surface area contributed by atoms with Crippen LogP contribution in [0.3, 0.4) is 0 Å². The third-order valence-electron chi connectivity index (χ3n) is 2.50. The number of aryl methyl sites for hydroxylation is 1. The molecule has 0 spiro atoms. The van der Waals surface area contributed by atoms with Gasteiger partial charge in [0.1, 0.15) is 0 Å². The van der Waals surface area contributed by atoms with Crippen LogP contribution in [-0.4, -0.2) is 16.7 Å². The van der Waals surface area contributed by atoms with E-state index in [-0.39, 0.29) is 0 Å². The van der Waals surface area contributed by atoms with Crippen LogP contribution in [0.15, 0.2) is 22.7 Å². The van der Waals surface area contributed by atoms with Crippen molar-refractivity contribution in [2.75, 3.05) is 6.54 Å². The highest BCUT2D eigenvalue weighted by atomic mass is 35.5. The van der Waals surface area contributed by atoms with E-state index in [2.05, 4.69) is 10.1 Å². The Kier molecular flexibility index (Phi) is 4.58. The maximum Gasteiger partial charge on any atom is 0.226 e. The first-order valence-electron chi connectivity index (χ1n) is 5.65. The zero-order chi connectivity index (χ0) is 13.0. The van der Waals surface area contributed by atoms with Crippen molar-refractivity contribution in [2.24, 2.45) is 5.73 Å². The minimum Gasteiger partial charge on any atom is -0.339 e. The lowest BCUT2D eigenvalue weighted by Crippen LogP contribution is -2.00. The molecule has 0 aliphatic heterocycles. The molecule has 0 fully saturated rings. The van der Waals surface area contributed by atoms with Gasteiger partial charge in [0.05, 0.1) is 0 Å². The molecule has 0 unspecified atom stereocenters. The van der Waals surface area contributed by atoms with Crippen molar-refractivity contribution >= 4 is 23.2 Å². The summed E-state index contributed by atoms with van der Waals surface area (Å²) < 4.78 is 5.12. The maximum absolute atomic E-state index is 6.08. The highest BCUT2D eigenvalue weighted by molar-refractivity contribution is 6.36. The number of nitrogens with two attached hydrogens (primary N) is 1. The molecule has 2 N–H and O–H groups in total. The topological polar surface area (TPSA) is 64.9 Å². The van der Waals surface area contributed by atoms with Crippen LogP contribution in [0.25, 0.3) is 0 Å². The van der Waals surface area contributed by atoms with Crippen molar-refractivity contribution < 1.29 is 4.52 Å². The van der Waals surface area contributed by atoms with E-state index in [1.165, 1.54) is 0 Å². The van der Waals surface area contributed by atoms with E-state index in [9.17, 15) is 0 Å². The van der Waals surface area contributed by atoms with Crippen LogP contribution in [0.2, 0.25) is 10.0 Å². The van der Waals surface area contributed by atoms with Crippen LogP contribution in [0, 0.1) is 0 Å². The molecule has 2 aromatic rings. The number of halogens is 2. The largest absolute Gasteiger partial charge is 0.339 e. The molecule has 1 aromatic carbocycles. The molecule has 0 atom stereocenters. The molecule has 0 saturated carbocycles. The zero-order valence-electron chi connectivity index (χ0n) is 9.70. The van der Waals surface area contributed by atoms with Crippen molar-refractivity contribution in [1.29, 1.82) is 0 Å². The Morgan fingerprint density at radius 2 is 1.94 bits per heavy atom. The van der Waals surface area contributed by atoms with Gasteiger partial charge in [0, 0.05) is 22.9 Å². The van der Waals surface area contributed by atoms with Gasteiger partial charge in [-0.3, -0.25) is 0 Å². The number of aromatic nitrogens is 2. The quantitative estimate of drug-likeness (QED) is 0.917. The molecule has 6 heteroatoms. The van der Waals surface area contributed by atoms with E-state index >= 15 is 0 Å². The van der Waals surface area contributed by atoms with Crippen molar-refractivity contribution in [3.63, 3.8) is 0 Å². The van der Waals surface area contributed by atoms with Gasteiger partial charge in [-0.05, 0) is 30.7 Å². The van der Waals surface area contributed by atoms with Gasteiger partial charge >= 0.3 is 0 Å². The van der Waals surface area contributed by atoms with Crippen LogP contribution in [0.4, 0.5) is 0 Å². The maximum atomic E-state index is 6.08. The smallest absolute Gasteiger partial charge is 0.226 e. The van der Waals surface area contributed by atoms with Gasteiger partial charge in [0.25, 0.3) is 0 Å². The van der Waals surface area contributed by atoms with E-state index in [0.717, 1.165) is 12.0 Å². The summed E-state index contributed by atoms with van der Waals surface area (Å²) in [6, 6.07) is 5.38. The Labute approximate surface area is 115 Å². The van der Waals surface area contributed by atoms with E-state index in [1.54, 1.807) is 18.2 Å². The third kappa shape index (κ3) is 3.22. The lowest BCUT2D eigenvalue weighted by Gasteiger charge is -2.02. The lowest BCUT2D eigenvalue weighted by molar-refractivity contribution is 0.371. The summed E-state index contributed by atoms with van der Waals surface area (Å²) in [6.45, 7) is 0.605. The van der Waals surface area contributed by atoms with Crippen LogP contribution in [0.1, 0.15) is 23.7 Å². The van der Waals surface area contributed by atoms with Gasteiger partial charge in [-0.1, -0.05) is 34.4 Å². The van der Waals surface area contributed by atoms with Crippen molar-refractivity contribution in [3.8, 4) is 0 Å². The molecular formula is C12H13Cl2N3O. The summed E-state index contributed by atoms with van der Waals surface area (Å²) in [5.74, 6) is 1.18. The Hall–Kier alpha value is -1.10. The first kappa shape index (κ1) is 13.3. The fourth-order valence-corrected chi connectivity index (χ4v) is 2.11. The summed E-state index contributed by atoms with van der Waals surface area (Å²) in [7, 11) is 0. The highest BCUT2D eigenvalue weighted by Gasteiger charge is 2.11. The molecule has 96 valence electrons. The van der Waals surface area contributed by atoms with Gasteiger partial charge in [0.2, 0.25) is 5.89 Å². The van der Waals surface area contributed by atoms with E-state index in [1.807, 2.05) is 0 Å². The summed E-state index contributed by atoms with van der Waals surface area (Å²) >= 11 is 12.2. The average molecular weight is 286 g/mol. The third-order valence-corrected chi connectivity index (χ3v) is 3.21. The minimum absolute atomic E-state index is 0.463. The summed E-state index contributed by atoms with van der Waals surface area (Å²) in [5, 5.41) is 5.12. The number of nitrogens with zero attached hydrogens (tertiary/aromatic N) is 2. The van der Waals surface area contributed by atoms with Crippen LogP contribution in [0.5, 0.6) is 0 Å². The molecule has 0 bridgehead atoms. The fourth-order valence-electron chi connectivity index (χ4n) is 1.58. The molecular weight excluding hydrogens is 273 g/mol. The molecule has 4 nitrogen and oxygen atoms in total. The second-order valence-corrected chi connectivity index (χ2v) is 4.69. The number of hydrogen-bond donors (Lipinski definition) is 1. The first-order chi connectivity index (χ1) is 8.70. The fraction of sp³-hybridized carbons (Fsp3) is 0.333. The predicted octanol–water partition coefficient (Wildman–Crippen LogP) is 2.86. The molecule has 1 heterocycles. The molecule has 18 heavy (non-hydrogen) atoms. The van der Waals surface area contributed by atoms with Crippen molar-refractivity contribution in [3.05, 3.63) is 45.5 Å². The van der Waals surface area contributed by atoms with Crippen molar-refractivity contribution in [1.82, 2.24) is 10.1 Å². The molecule has 2 rings (SSSR count). The monoisotopic (exact) mass is 285 g/mol. The number of hydrogen-bond acceptors (Lipinski definition) is 4. The lowest BCUT2D eigenvalue weighted by atomic mass is 10.1. The van der Waals surface area contributed by atoms with Gasteiger partial charge in [-0.25, -0.2) is 0 Å². The van der Waals surface area contributed by atoms with E-state index in [0.29, 0.717) is 41.1 Å². The molecule has 0 aliphatic carbocycles. The van der Waals surface area contributed by atoms with Crippen molar-refractivity contribution in [2.45, 2.75) is 19.3 Å². The number of rotatable bonds is 5. The molecule has 0 radical (unpaired) electrons. The Morgan fingerprint density at radius 1 is 1.22 bits per heavy atom. The van der Waals surface area contributed by atoms with Gasteiger partial charge < -0.3 is 10.3 Å². The molecule has 0 amide bonds. The van der Waals surface area contributed by atoms with Crippen LogP contribution in [-0.2, 0) is 12.8 Å². The van der Waals surface area contributed by atoms with Gasteiger partial charge in [0.15, 0.2) is 5.82 Å². The standard InChI is InChI=1S/C12H13Cl2N3O/c13-9-3-1-4-10(14)8(9)7-11-16-12(18-17-11)5-2-6-15/h1,3-4H,2,5-7,15H2. The first-order valence-corrected chi connectivity index (χ1v) is 6.40. The summed E-state index contributed by atoms with van der Waals surface area (Å²) in [6.07, 6.45) is 1.98. The molecule has 0 saturated heterocycles. The second kappa shape index (κ2) is 6.18. The predicted molar refractivity (Wildman–Crippen MR) is 70.9 cm³/mol. The van der Waals surface area contributed by atoms with E-state index < -0.39 is 0 Å². The Balaban J connectivity index is 2.11. The Bertz CT molecular complexity index is 508. The zero-order valence-corrected chi connectivity index (χ0v) is 11.2. The van der Waals surface area contributed by atoms with Gasteiger partial charge in [-0.15, -0.1) is 0 Å². The number of benzene rings is 1. The SMILES string of the molecule is NCCCc1nc(Cc2c(Cl)cccc2Cl)no1. The normalized spacial score (nSPS) is 10.8. The molecule has 1 aromatic heterocycles. The van der Waals surface area contributed by atoms with Crippen LogP contribution >= 0.6 is 23.2 Å². The molecule has 0 aliphatic rings. The van der Waals surface area contributed by atoms with Crippen LogP contribution < -0.4 is 5.73 Å². The Morgan fingerprint density at radius 3 is 2.61 bits per heavy atom.